The molecular formula is C17H29N5O2. The van der Waals surface area contributed by atoms with Crippen LogP contribution in [0, 0.1) is 0 Å². The van der Waals surface area contributed by atoms with Crippen molar-refractivity contribution in [1.29, 1.82) is 0 Å². The minimum absolute atomic E-state index is 0.224. The number of aromatic nitrogens is 2. The first-order valence-electron chi connectivity index (χ1n) is 8.93. The highest BCUT2D eigenvalue weighted by Gasteiger charge is 2.23. The second-order valence-electron chi connectivity index (χ2n) is 5.89. The number of nitrogens with zero attached hydrogens (tertiary/aromatic N) is 5. The van der Waals surface area contributed by atoms with Crippen LogP contribution >= 0.6 is 0 Å². The van der Waals surface area contributed by atoms with Crippen LogP contribution in [0.4, 0.5) is 16.4 Å². The minimum atomic E-state index is -0.224. The van der Waals surface area contributed by atoms with Gasteiger partial charge in [0.15, 0.2) is 0 Å². The highest BCUT2D eigenvalue weighted by Crippen LogP contribution is 2.19. The number of piperazine rings is 1. The van der Waals surface area contributed by atoms with E-state index in [9.17, 15) is 4.79 Å². The molecule has 1 amide bonds. The van der Waals surface area contributed by atoms with Crippen molar-refractivity contribution < 1.29 is 9.53 Å². The molecule has 1 aromatic rings. The van der Waals surface area contributed by atoms with Crippen LogP contribution in [0.25, 0.3) is 0 Å². The largest absolute Gasteiger partial charge is 0.450 e. The van der Waals surface area contributed by atoms with Crippen molar-refractivity contribution in [2.75, 3.05) is 55.7 Å². The molecule has 134 valence electrons. The molecule has 2 rings (SSSR count). The van der Waals surface area contributed by atoms with Crippen LogP contribution in [0.3, 0.4) is 0 Å². The summed E-state index contributed by atoms with van der Waals surface area (Å²) in [5.41, 5.74) is 0. The third-order valence-corrected chi connectivity index (χ3v) is 4.08. The highest BCUT2D eigenvalue weighted by molar-refractivity contribution is 5.68. The molecule has 1 aromatic heterocycles. The zero-order valence-electron chi connectivity index (χ0n) is 15.1. The Kier molecular flexibility index (Phi) is 7.08. The van der Waals surface area contributed by atoms with E-state index in [4.69, 9.17) is 4.74 Å². The maximum atomic E-state index is 11.8. The Morgan fingerprint density at radius 2 is 1.79 bits per heavy atom. The van der Waals surface area contributed by atoms with Crippen LogP contribution < -0.4 is 9.80 Å². The summed E-state index contributed by atoms with van der Waals surface area (Å²) in [5.74, 6) is 1.91. The lowest BCUT2D eigenvalue weighted by molar-refractivity contribution is 0.105. The molecule has 0 aliphatic carbocycles. The fourth-order valence-electron chi connectivity index (χ4n) is 2.90. The van der Waals surface area contributed by atoms with Crippen LogP contribution in [0.15, 0.2) is 12.4 Å². The van der Waals surface area contributed by atoms with Gasteiger partial charge >= 0.3 is 6.09 Å². The molecule has 0 saturated carbocycles. The van der Waals surface area contributed by atoms with Crippen LogP contribution in [-0.4, -0.2) is 66.8 Å². The number of anilines is 2. The Bertz CT molecular complexity index is 511. The van der Waals surface area contributed by atoms with E-state index in [0.717, 1.165) is 50.7 Å². The van der Waals surface area contributed by atoms with Gasteiger partial charge in [-0.3, -0.25) is 0 Å². The monoisotopic (exact) mass is 335 g/mol. The molecule has 0 atom stereocenters. The Labute approximate surface area is 144 Å². The summed E-state index contributed by atoms with van der Waals surface area (Å²) in [5, 5.41) is 0. The van der Waals surface area contributed by atoms with E-state index in [2.05, 4.69) is 39.7 Å². The minimum Gasteiger partial charge on any atom is -0.450 e. The first kappa shape index (κ1) is 18.3. The van der Waals surface area contributed by atoms with E-state index in [-0.39, 0.29) is 6.09 Å². The van der Waals surface area contributed by atoms with Crippen molar-refractivity contribution in [3.63, 3.8) is 0 Å². The molecule has 2 heterocycles. The molecule has 0 aromatic carbocycles. The van der Waals surface area contributed by atoms with E-state index in [1.54, 1.807) is 11.2 Å². The second kappa shape index (κ2) is 9.30. The normalized spacial score (nSPS) is 14.6. The SMILES string of the molecule is CCCN(CCC)c1cc(N2CCN(C(=O)OCC)CC2)ncn1. The van der Waals surface area contributed by atoms with Crippen molar-refractivity contribution in [3.8, 4) is 0 Å². The first-order valence-corrected chi connectivity index (χ1v) is 8.93. The summed E-state index contributed by atoms with van der Waals surface area (Å²) < 4.78 is 5.06. The Morgan fingerprint density at radius 3 is 2.38 bits per heavy atom. The van der Waals surface area contributed by atoms with Crippen molar-refractivity contribution in [1.82, 2.24) is 14.9 Å². The fraction of sp³-hybridized carbons (Fsp3) is 0.706. The Balaban J connectivity index is 2.00. The summed E-state index contributed by atoms with van der Waals surface area (Å²) >= 11 is 0. The van der Waals surface area contributed by atoms with Gasteiger partial charge in [-0.25, -0.2) is 14.8 Å². The molecule has 7 heteroatoms. The third kappa shape index (κ3) is 4.72. The molecule has 0 N–H and O–H groups in total. The smallest absolute Gasteiger partial charge is 0.409 e. The van der Waals surface area contributed by atoms with E-state index in [1.807, 2.05) is 6.92 Å². The van der Waals surface area contributed by atoms with Gasteiger partial charge in [0.25, 0.3) is 0 Å². The fourth-order valence-corrected chi connectivity index (χ4v) is 2.90. The Hall–Kier alpha value is -2.05. The zero-order valence-corrected chi connectivity index (χ0v) is 15.1. The Morgan fingerprint density at radius 1 is 1.12 bits per heavy atom. The van der Waals surface area contributed by atoms with Crippen molar-refractivity contribution >= 4 is 17.7 Å². The number of rotatable bonds is 7. The van der Waals surface area contributed by atoms with Gasteiger partial charge in [-0.15, -0.1) is 0 Å². The molecule has 1 aliphatic heterocycles. The van der Waals surface area contributed by atoms with Crippen LogP contribution in [0.2, 0.25) is 0 Å². The lowest BCUT2D eigenvalue weighted by Gasteiger charge is -2.35. The number of carbonyl (C=O) groups is 1. The summed E-state index contributed by atoms with van der Waals surface area (Å²) in [6.45, 7) is 11.4. The van der Waals surface area contributed by atoms with Gasteiger partial charge in [-0.1, -0.05) is 13.8 Å². The van der Waals surface area contributed by atoms with Gasteiger partial charge in [0.1, 0.15) is 18.0 Å². The van der Waals surface area contributed by atoms with E-state index in [1.165, 1.54) is 0 Å². The third-order valence-electron chi connectivity index (χ3n) is 4.08. The van der Waals surface area contributed by atoms with Gasteiger partial charge in [0, 0.05) is 45.3 Å². The first-order chi connectivity index (χ1) is 11.7. The molecule has 0 unspecified atom stereocenters. The van der Waals surface area contributed by atoms with Gasteiger partial charge < -0.3 is 19.4 Å². The molecule has 1 saturated heterocycles. The molecule has 1 aliphatic rings. The number of hydrogen-bond donors (Lipinski definition) is 0. The predicted molar refractivity (Wildman–Crippen MR) is 95.6 cm³/mol. The molecular weight excluding hydrogens is 306 g/mol. The van der Waals surface area contributed by atoms with Crippen molar-refractivity contribution in [2.24, 2.45) is 0 Å². The molecule has 0 spiro atoms. The van der Waals surface area contributed by atoms with Gasteiger partial charge in [0.2, 0.25) is 0 Å². The van der Waals surface area contributed by atoms with E-state index < -0.39 is 0 Å². The number of hydrogen-bond acceptors (Lipinski definition) is 6. The summed E-state index contributed by atoms with van der Waals surface area (Å²) in [4.78, 5) is 26.9. The standard InChI is InChI=1S/C17H29N5O2/c1-4-7-20(8-5-2)15-13-16(19-14-18-15)21-9-11-22(12-10-21)17(23)24-6-3/h13-14H,4-12H2,1-3H3. The summed E-state index contributed by atoms with van der Waals surface area (Å²) in [7, 11) is 0. The molecule has 0 radical (unpaired) electrons. The average Bonchev–Trinajstić information content (AvgIpc) is 2.62. The van der Waals surface area contributed by atoms with E-state index >= 15 is 0 Å². The molecule has 7 nitrogen and oxygen atoms in total. The molecule has 0 bridgehead atoms. The second-order valence-corrected chi connectivity index (χ2v) is 5.89. The quantitative estimate of drug-likeness (QED) is 0.762. The van der Waals surface area contributed by atoms with Crippen molar-refractivity contribution in [2.45, 2.75) is 33.6 Å². The van der Waals surface area contributed by atoms with Crippen LogP contribution in [-0.2, 0) is 4.74 Å². The van der Waals surface area contributed by atoms with Crippen LogP contribution in [0.1, 0.15) is 33.6 Å². The van der Waals surface area contributed by atoms with Gasteiger partial charge in [-0.2, -0.15) is 0 Å². The summed E-state index contributed by atoms with van der Waals surface area (Å²) in [6, 6.07) is 2.06. The maximum Gasteiger partial charge on any atom is 0.409 e. The summed E-state index contributed by atoms with van der Waals surface area (Å²) in [6.07, 6.45) is 3.60. The lowest BCUT2D eigenvalue weighted by atomic mass is 10.3. The van der Waals surface area contributed by atoms with E-state index in [0.29, 0.717) is 19.7 Å². The number of ether oxygens (including phenoxy) is 1. The van der Waals surface area contributed by atoms with Gasteiger partial charge in [-0.05, 0) is 19.8 Å². The average molecular weight is 335 g/mol. The highest BCUT2D eigenvalue weighted by atomic mass is 16.6. The number of carbonyl (C=O) groups excluding carboxylic acids is 1. The van der Waals surface area contributed by atoms with Crippen molar-refractivity contribution in [3.05, 3.63) is 12.4 Å². The molecule has 24 heavy (non-hydrogen) atoms. The number of amides is 1. The predicted octanol–water partition coefficient (Wildman–Crippen LogP) is 2.38. The maximum absolute atomic E-state index is 11.8. The lowest BCUT2D eigenvalue weighted by Crippen LogP contribution is -2.49. The van der Waals surface area contributed by atoms with Gasteiger partial charge in [0.05, 0.1) is 6.61 Å². The van der Waals surface area contributed by atoms with Crippen LogP contribution in [0.5, 0.6) is 0 Å². The topological polar surface area (TPSA) is 61.8 Å². The zero-order chi connectivity index (χ0) is 17.4. The molecule has 1 fully saturated rings.